The van der Waals surface area contributed by atoms with Gasteiger partial charge in [0.15, 0.2) is 12.4 Å². The van der Waals surface area contributed by atoms with Crippen molar-refractivity contribution in [1.82, 2.24) is 19.3 Å². The molecule has 0 aliphatic carbocycles. The monoisotopic (exact) mass is 449 g/mol. The van der Waals surface area contributed by atoms with E-state index in [1.165, 1.54) is 15.3 Å². The van der Waals surface area contributed by atoms with E-state index in [0.29, 0.717) is 61.3 Å². The van der Waals surface area contributed by atoms with Gasteiger partial charge in [-0.2, -0.15) is 9.29 Å². The van der Waals surface area contributed by atoms with E-state index in [-0.39, 0.29) is 24.0 Å². The molecule has 3 heterocycles. The van der Waals surface area contributed by atoms with Gasteiger partial charge in [-0.3, -0.25) is 9.69 Å². The molecule has 0 saturated carbocycles. The number of carbonyl (C=O) groups excluding carboxylic acids is 1. The van der Waals surface area contributed by atoms with Gasteiger partial charge in [-0.25, -0.2) is 8.42 Å². The molecule has 1 fully saturated rings. The summed E-state index contributed by atoms with van der Waals surface area (Å²) in [6.45, 7) is 8.89. The summed E-state index contributed by atoms with van der Waals surface area (Å²) in [5.74, 6) is 0.995. The summed E-state index contributed by atoms with van der Waals surface area (Å²) in [5, 5.41) is 3.91. The maximum absolute atomic E-state index is 13.3. The number of aromatic nitrogens is 2. The molecule has 10 nitrogen and oxygen atoms in total. The number of likely N-dealkylation sites (N-methyl/N-ethyl adjacent to an activating group) is 1. The van der Waals surface area contributed by atoms with Crippen LogP contribution in [0.2, 0.25) is 0 Å². The van der Waals surface area contributed by atoms with E-state index < -0.39 is 10.0 Å². The number of fused-ring (bicyclic) bond motifs is 1. The highest BCUT2D eigenvalue weighted by Gasteiger charge is 2.33. The number of piperazine rings is 1. The zero-order chi connectivity index (χ0) is 22.2. The van der Waals surface area contributed by atoms with E-state index in [1.807, 2.05) is 6.92 Å². The highest BCUT2D eigenvalue weighted by Crippen LogP contribution is 2.38. The second-order valence-corrected chi connectivity index (χ2v) is 9.56. The number of carbonyl (C=O) groups is 1. The molecule has 0 unspecified atom stereocenters. The van der Waals surface area contributed by atoms with E-state index in [4.69, 9.17) is 9.26 Å². The van der Waals surface area contributed by atoms with Gasteiger partial charge in [-0.1, -0.05) is 19.0 Å². The molecule has 1 aromatic carbocycles. The summed E-state index contributed by atoms with van der Waals surface area (Å²) >= 11 is 0. The van der Waals surface area contributed by atoms with Crippen molar-refractivity contribution in [2.45, 2.75) is 38.6 Å². The largest absolute Gasteiger partial charge is 0.482 e. The number of ether oxygens (including phenoxy) is 1. The Hall–Kier alpha value is -2.50. The summed E-state index contributed by atoms with van der Waals surface area (Å²) in [7, 11) is -3.66. The van der Waals surface area contributed by atoms with E-state index >= 15 is 0 Å². The summed E-state index contributed by atoms with van der Waals surface area (Å²) < 4.78 is 38.8. The second-order valence-electron chi connectivity index (χ2n) is 7.65. The molecule has 0 atom stereocenters. The smallest absolute Gasteiger partial charge is 0.265 e. The molecule has 4 rings (SSSR count). The van der Waals surface area contributed by atoms with Gasteiger partial charge in [0, 0.05) is 38.7 Å². The highest BCUT2D eigenvalue weighted by molar-refractivity contribution is 7.89. The highest BCUT2D eigenvalue weighted by atomic mass is 32.2. The quantitative estimate of drug-likeness (QED) is 0.647. The molecule has 168 valence electrons. The number of anilines is 1. The molecule has 0 N–H and O–H groups in total. The molecule has 0 radical (unpaired) electrons. The number of nitrogens with zero attached hydrogens (tertiary/aromatic N) is 5. The van der Waals surface area contributed by atoms with Crippen LogP contribution in [-0.2, 0) is 27.8 Å². The fraction of sp³-hybridized carbons (Fsp3) is 0.550. The van der Waals surface area contributed by atoms with Gasteiger partial charge in [0.25, 0.3) is 5.91 Å². The van der Waals surface area contributed by atoms with Gasteiger partial charge in [0.1, 0.15) is 5.75 Å². The molecule has 31 heavy (non-hydrogen) atoms. The van der Waals surface area contributed by atoms with E-state index in [0.717, 1.165) is 6.54 Å². The van der Waals surface area contributed by atoms with E-state index in [2.05, 4.69) is 22.0 Å². The number of amides is 1. The van der Waals surface area contributed by atoms with Crippen molar-refractivity contribution >= 4 is 21.6 Å². The maximum Gasteiger partial charge on any atom is 0.265 e. The van der Waals surface area contributed by atoms with Crippen molar-refractivity contribution in [3.8, 4) is 5.75 Å². The molecular formula is C20H27N5O5S. The van der Waals surface area contributed by atoms with Crippen molar-refractivity contribution in [3.05, 3.63) is 29.4 Å². The summed E-state index contributed by atoms with van der Waals surface area (Å²) in [4.78, 5) is 20.7. The Morgan fingerprint density at radius 1 is 1.13 bits per heavy atom. The number of rotatable bonds is 6. The minimum atomic E-state index is -3.66. The van der Waals surface area contributed by atoms with E-state index in [9.17, 15) is 13.2 Å². The molecule has 2 aromatic rings. The first-order chi connectivity index (χ1) is 14.8. The molecule has 0 spiro atoms. The Kier molecular flexibility index (Phi) is 6.00. The molecule has 2 aliphatic rings. The van der Waals surface area contributed by atoms with Gasteiger partial charge >= 0.3 is 0 Å². The van der Waals surface area contributed by atoms with Crippen LogP contribution in [0.3, 0.4) is 0 Å². The summed E-state index contributed by atoms with van der Waals surface area (Å²) in [5.41, 5.74) is 1.06. The summed E-state index contributed by atoms with van der Waals surface area (Å²) in [6, 6.07) is 3.21. The van der Waals surface area contributed by atoms with Crippen LogP contribution in [0.5, 0.6) is 5.75 Å². The van der Waals surface area contributed by atoms with Crippen molar-refractivity contribution in [2.24, 2.45) is 0 Å². The SMILES string of the molecule is CCc1nc(CN2C(=O)COc3cc(S(=O)(=O)N4CCN(CC)CC4)c(C)cc32)no1. The average Bonchev–Trinajstić information content (AvgIpc) is 3.23. The van der Waals surface area contributed by atoms with Crippen LogP contribution < -0.4 is 9.64 Å². The number of hydrogen-bond acceptors (Lipinski definition) is 8. The predicted molar refractivity (Wildman–Crippen MR) is 112 cm³/mol. The lowest BCUT2D eigenvalue weighted by molar-refractivity contribution is -0.121. The molecule has 11 heteroatoms. The Balaban J connectivity index is 1.63. The lowest BCUT2D eigenvalue weighted by atomic mass is 10.1. The maximum atomic E-state index is 13.3. The lowest BCUT2D eigenvalue weighted by Gasteiger charge is -2.34. The van der Waals surface area contributed by atoms with Gasteiger partial charge in [0.2, 0.25) is 15.9 Å². The third-order valence-corrected chi connectivity index (χ3v) is 7.75. The fourth-order valence-electron chi connectivity index (χ4n) is 3.85. The van der Waals surface area contributed by atoms with Gasteiger partial charge in [-0.15, -0.1) is 0 Å². The van der Waals surface area contributed by atoms with Crippen LogP contribution >= 0.6 is 0 Å². The lowest BCUT2D eigenvalue weighted by Crippen LogP contribution is -2.48. The van der Waals surface area contributed by atoms with Gasteiger partial charge in [-0.05, 0) is 25.1 Å². The van der Waals surface area contributed by atoms with Crippen LogP contribution in [0.4, 0.5) is 5.69 Å². The molecule has 1 amide bonds. The number of hydrogen-bond donors (Lipinski definition) is 0. The van der Waals surface area contributed by atoms with Crippen molar-refractivity contribution < 1.29 is 22.5 Å². The minimum Gasteiger partial charge on any atom is -0.482 e. The number of sulfonamides is 1. The van der Waals surface area contributed by atoms with Gasteiger partial charge < -0.3 is 14.2 Å². The third kappa shape index (κ3) is 4.17. The Morgan fingerprint density at radius 3 is 2.52 bits per heavy atom. The number of benzene rings is 1. The van der Waals surface area contributed by atoms with Crippen LogP contribution in [0.1, 0.15) is 31.1 Å². The molecule has 1 saturated heterocycles. The molecule has 2 aliphatic heterocycles. The standard InChI is InChI=1S/C20H27N5O5S/c1-4-19-21-18(22-30-19)12-25-15-10-14(3)17(11-16(15)29-13-20(25)26)31(27,28)24-8-6-23(5-2)7-9-24/h10-11H,4-9,12-13H2,1-3H3. The van der Waals surface area contributed by atoms with Crippen LogP contribution in [-0.4, -0.2) is 73.0 Å². The topological polar surface area (TPSA) is 109 Å². The fourth-order valence-corrected chi connectivity index (χ4v) is 5.49. The van der Waals surface area contributed by atoms with Gasteiger partial charge in [0.05, 0.1) is 17.1 Å². The van der Waals surface area contributed by atoms with Crippen LogP contribution in [0.25, 0.3) is 0 Å². The molecule has 0 bridgehead atoms. The van der Waals surface area contributed by atoms with Crippen LogP contribution in [0, 0.1) is 6.92 Å². The Morgan fingerprint density at radius 2 is 1.87 bits per heavy atom. The zero-order valence-electron chi connectivity index (χ0n) is 18.0. The Labute approximate surface area is 181 Å². The Bertz CT molecular complexity index is 1080. The first-order valence-corrected chi connectivity index (χ1v) is 11.9. The average molecular weight is 450 g/mol. The van der Waals surface area contributed by atoms with Crippen molar-refractivity contribution in [2.75, 3.05) is 44.2 Å². The van der Waals surface area contributed by atoms with Crippen molar-refractivity contribution in [1.29, 1.82) is 0 Å². The molecular weight excluding hydrogens is 422 g/mol. The second kappa shape index (κ2) is 8.56. The van der Waals surface area contributed by atoms with E-state index in [1.54, 1.807) is 13.0 Å². The predicted octanol–water partition coefficient (Wildman–Crippen LogP) is 1.19. The zero-order valence-corrected chi connectivity index (χ0v) is 18.8. The normalized spacial score (nSPS) is 18.2. The van der Waals surface area contributed by atoms with Crippen LogP contribution in [0.15, 0.2) is 21.6 Å². The minimum absolute atomic E-state index is 0.128. The summed E-state index contributed by atoms with van der Waals surface area (Å²) in [6.07, 6.45) is 0.605. The first-order valence-electron chi connectivity index (χ1n) is 10.4. The van der Waals surface area contributed by atoms with Crippen molar-refractivity contribution in [3.63, 3.8) is 0 Å². The third-order valence-electron chi connectivity index (χ3n) is 5.71. The number of aryl methyl sites for hydroxylation is 2. The molecule has 1 aromatic heterocycles. The first kappa shape index (κ1) is 21.7.